The van der Waals surface area contributed by atoms with Crippen LogP contribution in [-0.4, -0.2) is 22.9 Å². The molecule has 0 aliphatic rings. The Balaban J connectivity index is 2.14. The largest absolute Gasteiger partial charge is 0.497 e. The second-order valence-electron chi connectivity index (χ2n) is 4.92. The molecule has 1 aromatic heterocycles. The van der Waals surface area contributed by atoms with E-state index in [9.17, 15) is 0 Å². The molecule has 2 rings (SSSR count). The Bertz CT molecular complexity index is 564. The van der Waals surface area contributed by atoms with Crippen LogP contribution >= 0.6 is 0 Å². The summed E-state index contributed by atoms with van der Waals surface area (Å²) in [5.74, 6) is 1.57. The highest BCUT2D eigenvalue weighted by atomic mass is 16.5. The van der Waals surface area contributed by atoms with Gasteiger partial charge >= 0.3 is 0 Å². The van der Waals surface area contributed by atoms with Gasteiger partial charge in [0.25, 0.3) is 0 Å². The Hall–Kier alpha value is -2.01. The Kier molecular flexibility index (Phi) is 4.63. The summed E-state index contributed by atoms with van der Waals surface area (Å²) in [7, 11) is 3.53. The fraction of sp³-hybridized carbons (Fsp3) is 0.400. The van der Waals surface area contributed by atoms with Crippen LogP contribution in [0.1, 0.15) is 18.2 Å². The van der Waals surface area contributed by atoms with E-state index in [1.807, 2.05) is 44.4 Å². The van der Waals surface area contributed by atoms with Gasteiger partial charge in [-0.15, -0.1) is 0 Å². The molecular weight excluding hydrogens is 254 g/mol. The second kappa shape index (κ2) is 6.43. The molecule has 1 heterocycles. The lowest BCUT2D eigenvalue weighted by atomic mass is 10.1. The standard InChI is InChI=1S/C15H21N3O2/c1-11(16)8-12-4-5-14(19-3)9-15(12)20-10-13-6-7-18(2)17-13/h4-7,9,11H,8,10,16H2,1-3H3. The minimum Gasteiger partial charge on any atom is -0.497 e. The predicted molar refractivity (Wildman–Crippen MR) is 77.9 cm³/mol. The fourth-order valence-corrected chi connectivity index (χ4v) is 2.00. The molecule has 108 valence electrons. The Morgan fingerprint density at radius 2 is 2.15 bits per heavy atom. The molecule has 0 bridgehead atoms. The number of benzene rings is 1. The second-order valence-corrected chi connectivity index (χ2v) is 4.92. The van der Waals surface area contributed by atoms with Crippen LogP contribution in [0.15, 0.2) is 30.5 Å². The normalized spacial score (nSPS) is 12.2. The molecule has 0 spiro atoms. The van der Waals surface area contributed by atoms with Gasteiger partial charge in [-0.1, -0.05) is 6.07 Å². The molecule has 0 amide bonds. The highest BCUT2D eigenvalue weighted by molar-refractivity contribution is 5.41. The Morgan fingerprint density at radius 1 is 1.35 bits per heavy atom. The van der Waals surface area contributed by atoms with Crippen LogP contribution in [0, 0.1) is 0 Å². The highest BCUT2D eigenvalue weighted by Crippen LogP contribution is 2.26. The summed E-state index contributed by atoms with van der Waals surface area (Å²) in [6.07, 6.45) is 2.66. The molecule has 5 heteroatoms. The number of aromatic nitrogens is 2. The fourth-order valence-electron chi connectivity index (χ4n) is 2.00. The lowest BCUT2D eigenvalue weighted by Crippen LogP contribution is -2.18. The number of rotatable bonds is 6. The molecule has 1 unspecified atom stereocenters. The zero-order valence-corrected chi connectivity index (χ0v) is 12.2. The van der Waals surface area contributed by atoms with Gasteiger partial charge in [0.05, 0.1) is 12.8 Å². The molecular formula is C15H21N3O2. The van der Waals surface area contributed by atoms with E-state index in [-0.39, 0.29) is 6.04 Å². The lowest BCUT2D eigenvalue weighted by Gasteiger charge is -2.14. The van der Waals surface area contributed by atoms with Crippen molar-refractivity contribution in [2.75, 3.05) is 7.11 Å². The number of hydrogen-bond donors (Lipinski definition) is 1. The van der Waals surface area contributed by atoms with Crippen LogP contribution in [0.4, 0.5) is 0 Å². The number of nitrogens with two attached hydrogens (primary N) is 1. The average molecular weight is 275 g/mol. The Labute approximate surface area is 119 Å². The summed E-state index contributed by atoms with van der Waals surface area (Å²) in [5.41, 5.74) is 7.84. The molecule has 2 N–H and O–H groups in total. The van der Waals surface area contributed by atoms with Crippen molar-refractivity contribution in [1.82, 2.24) is 9.78 Å². The summed E-state index contributed by atoms with van der Waals surface area (Å²) in [6.45, 7) is 2.41. The van der Waals surface area contributed by atoms with Crippen LogP contribution in [0.2, 0.25) is 0 Å². The zero-order chi connectivity index (χ0) is 14.5. The third-order valence-corrected chi connectivity index (χ3v) is 2.96. The average Bonchev–Trinajstić information content (AvgIpc) is 2.83. The van der Waals surface area contributed by atoms with Gasteiger partial charge in [-0.3, -0.25) is 4.68 Å². The maximum Gasteiger partial charge on any atom is 0.132 e. The summed E-state index contributed by atoms with van der Waals surface area (Å²) < 4.78 is 12.9. The van der Waals surface area contributed by atoms with E-state index < -0.39 is 0 Å². The van der Waals surface area contributed by atoms with Crippen LogP contribution in [-0.2, 0) is 20.1 Å². The number of methoxy groups -OCH3 is 1. The van der Waals surface area contributed by atoms with Crippen molar-refractivity contribution in [2.45, 2.75) is 26.0 Å². The van der Waals surface area contributed by atoms with E-state index in [1.54, 1.807) is 11.8 Å². The SMILES string of the molecule is COc1ccc(CC(C)N)c(OCc2ccn(C)n2)c1. The van der Waals surface area contributed by atoms with E-state index >= 15 is 0 Å². The van der Waals surface area contributed by atoms with Crippen molar-refractivity contribution in [3.8, 4) is 11.5 Å². The predicted octanol–water partition coefficient (Wildman–Crippen LogP) is 1.90. The number of hydrogen-bond acceptors (Lipinski definition) is 4. The number of ether oxygens (including phenoxy) is 2. The monoisotopic (exact) mass is 275 g/mol. The first-order chi connectivity index (χ1) is 9.58. The van der Waals surface area contributed by atoms with E-state index in [0.29, 0.717) is 6.61 Å². The van der Waals surface area contributed by atoms with Crippen LogP contribution in [0.3, 0.4) is 0 Å². The van der Waals surface area contributed by atoms with Gasteiger partial charge in [-0.05, 0) is 31.0 Å². The van der Waals surface area contributed by atoms with Crippen LogP contribution in [0.25, 0.3) is 0 Å². The molecule has 0 saturated heterocycles. The molecule has 0 radical (unpaired) electrons. The first kappa shape index (κ1) is 14.4. The van der Waals surface area contributed by atoms with Crippen molar-refractivity contribution >= 4 is 0 Å². The van der Waals surface area contributed by atoms with Gasteiger partial charge in [-0.2, -0.15) is 5.10 Å². The summed E-state index contributed by atoms with van der Waals surface area (Å²) in [5, 5.41) is 4.29. The van der Waals surface area contributed by atoms with Crippen LogP contribution < -0.4 is 15.2 Å². The minimum atomic E-state index is 0.0839. The minimum absolute atomic E-state index is 0.0839. The van der Waals surface area contributed by atoms with Crippen molar-refractivity contribution < 1.29 is 9.47 Å². The van der Waals surface area contributed by atoms with Gasteiger partial charge in [0, 0.05) is 25.4 Å². The molecule has 0 aliphatic carbocycles. The maximum absolute atomic E-state index is 5.87. The number of nitrogens with zero attached hydrogens (tertiary/aromatic N) is 2. The molecule has 0 aliphatic heterocycles. The molecule has 1 aromatic carbocycles. The van der Waals surface area contributed by atoms with Gasteiger partial charge in [0.15, 0.2) is 0 Å². The smallest absolute Gasteiger partial charge is 0.132 e. The molecule has 0 saturated carbocycles. The van der Waals surface area contributed by atoms with Crippen LogP contribution in [0.5, 0.6) is 11.5 Å². The van der Waals surface area contributed by atoms with Crippen molar-refractivity contribution in [3.63, 3.8) is 0 Å². The Morgan fingerprint density at radius 3 is 2.75 bits per heavy atom. The van der Waals surface area contributed by atoms with Gasteiger partial charge in [0.2, 0.25) is 0 Å². The van der Waals surface area contributed by atoms with Gasteiger partial charge in [-0.25, -0.2) is 0 Å². The third-order valence-electron chi connectivity index (χ3n) is 2.96. The van der Waals surface area contributed by atoms with Crippen molar-refractivity contribution in [1.29, 1.82) is 0 Å². The first-order valence-corrected chi connectivity index (χ1v) is 6.62. The quantitative estimate of drug-likeness (QED) is 0.874. The van der Waals surface area contributed by atoms with Crippen molar-refractivity contribution in [2.24, 2.45) is 12.8 Å². The van der Waals surface area contributed by atoms with Crippen molar-refractivity contribution in [3.05, 3.63) is 41.7 Å². The molecule has 1 atom stereocenters. The van der Waals surface area contributed by atoms with E-state index in [0.717, 1.165) is 29.2 Å². The summed E-state index contributed by atoms with van der Waals surface area (Å²) in [6, 6.07) is 7.83. The summed E-state index contributed by atoms with van der Waals surface area (Å²) in [4.78, 5) is 0. The van der Waals surface area contributed by atoms with E-state index in [4.69, 9.17) is 15.2 Å². The third kappa shape index (κ3) is 3.74. The lowest BCUT2D eigenvalue weighted by molar-refractivity contribution is 0.294. The molecule has 20 heavy (non-hydrogen) atoms. The maximum atomic E-state index is 5.87. The topological polar surface area (TPSA) is 62.3 Å². The molecule has 2 aromatic rings. The first-order valence-electron chi connectivity index (χ1n) is 6.62. The summed E-state index contributed by atoms with van der Waals surface area (Å²) >= 11 is 0. The molecule has 5 nitrogen and oxygen atoms in total. The van der Waals surface area contributed by atoms with E-state index in [2.05, 4.69) is 5.10 Å². The van der Waals surface area contributed by atoms with Gasteiger partial charge < -0.3 is 15.2 Å². The zero-order valence-electron chi connectivity index (χ0n) is 12.2. The number of aryl methyl sites for hydroxylation is 1. The molecule has 0 fully saturated rings. The van der Waals surface area contributed by atoms with E-state index in [1.165, 1.54) is 0 Å². The van der Waals surface area contributed by atoms with Gasteiger partial charge in [0.1, 0.15) is 18.1 Å². The highest BCUT2D eigenvalue weighted by Gasteiger charge is 2.09.